The third-order valence-corrected chi connectivity index (χ3v) is 4.25. The molecule has 0 aliphatic rings. The van der Waals surface area contributed by atoms with E-state index < -0.39 is 10.0 Å². The van der Waals surface area contributed by atoms with Crippen molar-refractivity contribution < 1.29 is 17.9 Å². The fourth-order valence-electron chi connectivity index (χ4n) is 1.63. The molecule has 0 amide bonds. The normalized spacial score (nSPS) is 11.3. The number of ether oxygens (including phenoxy) is 2. The van der Waals surface area contributed by atoms with Gasteiger partial charge in [0.1, 0.15) is 22.7 Å². The smallest absolute Gasteiger partial charge is 0.272 e. The maximum atomic E-state index is 12.5. The van der Waals surface area contributed by atoms with Gasteiger partial charge in [0.25, 0.3) is 10.0 Å². The van der Waals surface area contributed by atoms with Crippen LogP contribution in [0.1, 0.15) is 5.69 Å². The molecule has 2 rings (SSSR count). The summed E-state index contributed by atoms with van der Waals surface area (Å²) in [4.78, 5) is 3.95. The summed E-state index contributed by atoms with van der Waals surface area (Å²) >= 11 is 0. The van der Waals surface area contributed by atoms with Gasteiger partial charge >= 0.3 is 0 Å². The maximum absolute atomic E-state index is 12.5. The van der Waals surface area contributed by atoms with Gasteiger partial charge in [-0.15, -0.1) is 0 Å². The molecule has 0 unspecified atom stereocenters. The molecule has 0 saturated heterocycles. The second kappa shape index (κ2) is 4.93. The van der Waals surface area contributed by atoms with Gasteiger partial charge in [-0.05, 0) is 19.1 Å². The minimum Gasteiger partial charge on any atom is -0.497 e. The van der Waals surface area contributed by atoms with Crippen molar-refractivity contribution in [1.29, 1.82) is 0 Å². The average Bonchev–Trinajstić information content (AvgIpc) is 2.85. The van der Waals surface area contributed by atoms with Gasteiger partial charge in [0, 0.05) is 12.3 Å². The summed E-state index contributed by atoms with van der Waals surface area (Å²) in [5, 5.41) is 0. The largest absolute Gasteiger partial charge is 0.497 e. The number of nitrogens with zero attached hydrogens (tertiary/aromatic N) is 2. The molecule has 1 aromatic carbocycles. The first-order chi connectivity index (χ1) is 8.98. The Balaban J connectivity index is 2.62. The number of imidazole rings is 1. The molecule has 0 radical (unpaired) electrons. The third kappa shape index (κ3) is 2.41. The Morgan fingerprint density at radius 2 is 1.95 bits per heavy atom. The van der Waals surface area contributed by atoms with Crippen LogP contribution in [0, 0.1) is 6.92 Å². The van der Waals surface area contributed by atoms with Gasteiger partial charge in [0.15, 0.2) is 0 Å². The van der Waals surface area contributed by atoms with Crippen LogP contribution in [0.5, 0.6) is 11.5 Å². The van der Waals surface area contributed by atoms with E-state index in [2.05, 4.69) is 4.98 Å². The van der Waals surface area contributed by atoms with Gasteiger partial charge in [-0.1, -0.05) is 0 Å². The summed E-state index contributed by atoms with van der Waals surface area (Å²) in [5.74, 6) is 0.698. The number of aryl methyl sites for hydroxylation is 1. The second-order valence-electron chi connectivity index (χ2n) is 3.87. The SMILES string of the molecule is COc1ccc(OC)c(S(=O)(=O)n2cnc(C)c2)c1. The first kappa shape index (κ1) is 13.4. The van der Waals surface area contributed by atoms with E-state index >= 15 is 0 Å². The highest BCUT2D eigenvalue weighted by Crippen LogP contribution is 2.29. The van der Waals surface area contributed by atoms with E-state index in [0.29, 0.717) is 11.4 Å². The summed E-state index contributed by atoms with van der Waals surface area (Å²) < 4.78 is 36.2. The predicted octanol–water partition coefficient (Wildman–Crippen LogP) is 1.45. The highest BCUT2D eigenvalue weighted by Gasteiger charge is 2.22. The van der Waals surface area contributed by atoms with Gasteiger partial charge in [0.2, 0.25) is 0 Å². The van der Waals surface area contributed by atoms with Crippen LogP contribution < -0.4 is 9.47 Å². The van der Waals surface area contributed by atoms with Crippen molar-refractivity contribution in [1.82, 2.24) is 8.96 Å². The molecule has 0 bridgehead atoms. The number of methoxy groups -OCH3 is 2. The van der Waals surface area contributed by atoms with Crippen LogP contribution in [0.3, 0.4) is 0 Å². The minimum atomic E-state index is -3.74. The summed E-state index contributed by atoms with van der Waals surface area (Å²) in [6, 6.07) is 4.61. The van der Waals surface area contributed by atoms with E-state index in [9.17, 15) is 8.42 Å². The lowest BCUT2D eigenvalue weighted by Gasteiger charge is -2.11. The quantitative estimate of drug-likeness (QED) is 0.848. The highest BCUT2D eigenvalue weighted by molar-refractivity contribution is 7.90. The molecule has 0 aliphatic carbocycles. The molecule has 0 fully saturated rings. The molecule has 19 heavy (non-hydrogen) atoms. The second-order valence-corrected chi connectivity index (χ2v) is 5.68. The van der Waals surface area contributed by atoms with Crippen LogP contribution in [0.25, 0.3) is 0 Å². The number of hydrogen-bond donors (Lipinski definition) is 0. The van der Waals surface area contributed by atoms with Gasteiger partial charge in [-0.25, -0.2) is 17.4 Å². The molecule has 102 valence electrons. The minimum absolute atomic E-state index is 0.0340. The molecule has 0 saturated carbocycles. The predicted molar refractivity (Wildman–Crippen MR) is 69.1 cm³/mol. The van der Waals surface area contributed by atoms with E-state index in [1.165, 1.54) is 32.8 Å². The standard InChI is InChI=1S/C12H14N2O4S/c1-9-7-14(8-13-9)19(15,16)12-6-10(17-2)4-5-11(12)18-3/h4-8H,1-3H3. The number of benzene rings is 1. The molecule has 7 heteroatoms. The van der Waals surface area contributed by atoms with Crippen LogP contribution in [0.4, 0.5) is 0 Å². The Morgan fingerprint density at radius 1 is 1.21 bits per heavy atom. The van der Waals surface area contributed by atoms with Crippen molar-refractivity contribution >= 4 is 10.0 Å². The molecule has 1 heterocycles. The Bertz CT molecular complexity index is 692. The number of rotatable bonds is 4. The van der Waals surface area contributed by atoms with Crippen molar-refractivity contribution in [3.63, 3.8) is 0 Å². The van der Waals surface area contributed by atoms with Crippen molar-refractivity contribution in [3.05, 3.63) is 36.4 Å². The Hall–Kier alpha value is -2.02. The van der Waals surface area contributed by atoms with E-state index in [1.54, 1.807) is 19.1 Å². The lowest BCUT2D eigenvalue weighted by molar-refractivity contribution is 0.392. The monoisotopic (exact) mass is 282 g/mol. The molecule has 0 spiro atoms. The van der Waals surface area contributed by atoms with E-state index in [4.69, 9.17) is 9.47 Å². The van der Waals surface area contributed by atoms with Gasteiger partial charge in [-0.2, -0.15) is 0 Å². The average molecular weight is 282 g/mol. The number of aromatic nitrogens is 2. The zero-order chi connectivity index (χ0) is 14.0. The molecular weight excluding hydrogens is 268 g/mol. The Kier molecular flexibility index (Phi) is 3.48. The van der Waals surface area contributed by atoms with Gasteiger partial charge in [-0.3, -0.25) is 0 Å². The van der Waals surface area contributed by atoms with Crippen molar-refractivity contribution in [2.75, 3.05) is 14.2 Å². The van der Waals surface area contributed by atoms with Crippen molar-refractivity contribution in [2.45, 2.75) is 11.8 Å². The lowest BCUT2D eigenvalue weighted by atomic mass is 10.3. The van der Waals surface area contributed by atoms with E-state index in [-0.39, 0.29) is 10.6 Å². The van der Waals surface area contributed by atoms with Crippen LogP contribution in [-0.4, -0.2) is 31.6 Å². The molecule has 0 atom stereocenters. The molecular formula is C12H14N2O4S. The fourth-order valence-corrected chi connectivity index (χ4v) is 2.99. The zero-order valence-electron chi connectivity index (χ0n) is 10.8. The summed E-state index contributed by atoms with van der Waals surface area (Å²) in [6.45, 7) is 1.72. The summed E-state index contributed by atoms with van der Waals surface area (Å²) in [7, 11) is -0.856. The zero-order valence-corrected chi connectivity index (χ0v) is 11.6. The van der Waals surface area contributed by atoms with Gasteiger partial charge < -0.3 is 9.47 Å². The first-order valence-electron chi connectivity index (χ1n) is 5.47. The van der Waals surface area contributed by atoms with Crippen LogP contribution in [0.2, 0.25) is 0 Å². The van der Waals surface area contributed by atoms with Crippen molar-refractivity contribution in [3.8, 4) is 11.5 Å². The molecule has 0 aliphatic heterocycles. The molecule has 1 aromatic heterocycles. The Labute approximate surface area is 111 Å². The summed E-state index contributed by atoms with van der Waals surface area (Å²) in [5.41, 5.74) is 0.616. The number of hydrogen-bond acceptors (Lipinski definition) is 5. The molecule has 6 nitrogen and oxygen atoms in total. The van der Waals surface area contributed by atoms with Gasteiger partial charge in [0.05, 0.1) is 19.9 Å². The van der Waals surface area contributed by atoms with Crippen LogP contribution >= 0.6 is 0 Å². The van der Waals surface area contributed by atoms with Crippen molar-refractivity contribution in [2.24, 2.45) is 0 Å². The lowest BCUT2D eigenvalue weighted by Crippen LogP contribution is -2.12. The maximum Gasteiger partial charge on any atom is 0.272 e. The first-order valence-corrected chi connectivity index (χ1v) is 6.91. The highest BCUT2D eigenvalue weighted by atomic mass is 32.2. The molecule has 2 aromatic rings. The topological polar surface area (TPSA) is 70.4 Å². The van der Waals surface area contributed by atoms with Crippen LogP contribution in [0.15, 0.2) is 35.6 Å². The third-order valence-electron chi connectivity index (χ3n) is 2.62. The summed E-state index contributed by atoms with van der Waals surface area (Å²) in [6.07, 6.45) is 2.69. The van der Waals surface area contributed by atoms with E-state index in [1.807, 2.05) is 0 Å². The van der Waals surface area contributed by atoms with Crippen LogP contribution in [-0.2, 0) is 10.0 Å². The fraction of sp³-hybridized carbons (Fsp3) is 0.250. The van der Waals surface area contributed by atoms with E-state index in [0.717, 1.165) is 3.97 Å². The Morgan fingerprint density at radius 3 is 2.47 bits per heavy atom. The molecule has 0 N–H and O–H groups in total.